The van der Waals surface area contributed by atoms with Gasteiger partial charge >= 0.3 is 0 Å². The van der Waals surface area contributed by atoms with Crippen LogP contribution in [0.15, 0.2) is 84.9 Å². The maximum Gasteiger partial charge on any atom is 0.162 e. The molecule has 70 heavy (non-hydrogen) atoms. The van der Waals surface area contributed by atoms with Gasteiger partial charge in [0.05, 0.1) is 25.9 Å². The van der Waals surface area contributed by atoms with Crippen molar-refractivity contribution in [1.29, 1.82) is 0 Å². The SMILES string of the molecule is CCC1CCC(c2ccc(C3CCC(CCCCc4ccc(C)cc4)CC3)c(F)c2F)CC1.CCCCCC1CCC(c2ccc(OCCCOC3CCC(COc4ccc(C)cc4)CC3)cc2)CC1. The molecule has 3 nitrogen and oxygen atoms in total. The Morgan fingerprint density at radius 3 is 1.49 bits per heavy atom. The van der Waals surface area contributed by atoms with Crippen LogP contribution in [-0.4, -0.2) is 25.9 Å². The normalized spacial score (nSPS) is 24.9. The molecule has 4 saturated carbocycles. The van der Waals surface area contributed by atoms with Gasteiger partial charge in [-0.15, -0.1) is 0 Å². The van der Waals surface area contributed by atoms with Gasteiger partial charge in [-0.05, 0) is 217 Å². The molecular weight excluding hydrogens is 867 g/mol. The summed E-state index contributed by atoms with van der Waals surface area (Å²) in [5.41, 5.74) is 6.80. The van der Waals surface area contributed by atoms with Crippen molar-refractivity contribution in [1.82, 2.24) is 0 Å². The molecule has 4 aromatic rings. The summed E-state index contributed by atoms with van der Waals surface area (Å²) in [6.07, 6.45) is 31.9. The number of hydrogen-bond donors (Lipinski definition) is 0. The summed E-state index contributed by atoms with van der Waals surface area (Å²) < 4.78 is 48.3. The summed E-state index contributed by atoms with van der Waals surface area (Å²) in [7, 11) is 0. The molecule has 4 aromatic carbocycles. The van der Waals surface area contributed by atoms with Gasteiger partial charge in [-0.2, -0.15) is 0 Å². The van der Waals surface area contributed by atoms with Crippen LogP contribution in [0.2, 0.25) is 0 Å². The quantitative estimate of drug-likeness (QED) is 0.0735. The van der Waals surface area contributed by atoms with Crippen LogP contribution >= 0.6 is 0 Å². The van der Waals surface area contributed by atoms with E-state index in [0.29, 0.717) is 23.1 Å². The molecule has 0 heterocycles. The summed E-state index contributed by atoms with van der Waals surface area (Å²) in [6.45, 7) is 11.1. The summed E-state index contributed by atoms with van der Waals surface area (Å²) in [4.78, 5) is 0. The van der Waals surface area contributed by atoms with E-state index < -0.39 is 11.6 Å². The number of aryl methyl sites for hydroxylation is 3. The second-order valence-electron chi connectivity index (χ2n) is 22.6. The van der Waals surface area contributed by atoms with Gasteiger partial charge in [0.15, 0.2) is 11.6 Å². The molecule has 4 aliphatic carbocycles. The van der Waals surface area contributed by atoms with Gasteiger partial charge in [0.25, 0.3) is 0 Å². The zero-order chi connectivity index (χ0) is 48.9. The van der Waals surface area contributed by atoms with Gasteiger partial charge < -0.3 is 14.2 Å². The average Bonchev–Trinajstić information content (AvgIpc) is 3.40. The first-order valence-corrected chi connectivity index (χ1v) is 28.8. The van der Waals surface area contributed by atoms with Crippen LogP contribution in [0.1, 0.15) is 226 Å². The Morgan fingerprint density at radius 1 is 0.443 bits per heavy atom. The van der Waals surface area contributed by atoms with E-state index in [0.717, 1.165) is 132 Å². The van der Waals surface area contributed by atoms with Crippen molar-refractivity contribution < 1.29 is 23.0 Å². The van der Waals surface area contributed by atoms with Crippen LogP contribution in [-0.2, 0) is 11.2 Å². The Kier molecular flexibility index (Phi) is 22.5. The van der Waals surface area contributed by atoms with E-state index in [9.17, 15) is 0 Å². The van der Waals surface area contributed by atoms with Crippen LogP contribution in [0.5, 0.6) is 11.5 Å². The molecule has 0 aliphatic heterocycles. The third-order valence-corrected chi connectivity index (χ3v) is 17.4. The van der Waals surface area contributed by atoms with Crippen molar-refractivity contribution in [3.05, 3.63) is 130 Å². The molecule has 0 unspecified atom stereocenters. The first-order chi connectivity index (χ1) is 34.2. The van der Waals surface area contributed by atoms with Crippen LogP contribution in [0.25, 0.3) is 0 Å². The first kappa shape index (κ1) is 54.1. The van der Waals surface area contributed by atoms with Gasteiger partial charge in [-0.25, -0.2) is 8.78 Å². The van der Waals surface area contributed by atoms with Gasteiger partial charge in [0.2, 0.25) is 0 Å². The highest BCUT2D eigenvalue weighted by Crippen LogP contribution is 2.43. The summed E-state index contributed by atoms with van der Waals surface area (Å²) in [6, 6.07) is 30.0. The fourth-order valence-electron chi connectivity index (χ4n) is 12.5. The van der Waals surface area contributed by atoms with Crippen LogP contribution in [0.3, 0.4) is 0 Å². The van der Waals surface area contributed by atoms with Gasteiger partial charge in [0, 0.05) is 6.42 Å². The number of ether oxygens (including phenoxy) is 3. The number of hydrogen-bond acceptors (Lipinski definition) is 3. The molecule has 0 radical (unpaired) electrons. The molecule has 384 valence electrons. The predicted molar refractivity (Wildman–Crippen MR) is 289 cm³/mol. The number of halogens is 2. The molecule has 8 rings (SSSR count). The van der Waals surface area contributed by atoms with Crippen molar-refractivity contribution in [3.63, 3.8) is 0 Å². The Hall–Kier alpha value is -3.70. The lowest BCUT2D eigenvalue weighted by Gasteiger charge is -2.31. The molecule has 0 amide bonds. The first-order valence-electron chi connectivity index (χ1n) is 28.8. The highest BCUT2D eigenvalue weighted by Gasteiger charge is 2.30. The van der Waals surface area contributed by atoms with Gasteiger partial charge in [-0.1, -0.05) is 131 Å². The van der Waals surface area contributed by atoms with Crippen molar-refractivity contribution >= 4 is 0 Å². The molecule has 0 atom stereocenters. The third-order valence-electron chi connectivity index (χ3n) is 17.4. The maximum atomic E-state index is 15.1. The number of unbranched alkanes of at least 4 members (excludes halogenated alkanes) is 3. The standard InChI is InChI=1S/C34H50O3.C31H42F2/c1-3-4-5-7-28-10-14-30(15-11-28)31-16-22-33(23-17-31)36-25-6-24-35-32-20-12-29(13-21-32)26-37-34-18-8-27(2)9-19-34;1-3-23-12-16-26(17-13-23)28-20-21-29(31(33)30(28)32)27-18-14-25(15-19-27)7-5-4-6-24-10-8-22(2)9-11-24/h8-9,16-19,22-23,28-30,32H,3-7,10-15,20-21,24-26H2,1-2H3;8-11,20-21,23,25-27H,3-7,12-19H2,1-2H3. The van der Waals surface area contributed by atoms with Crippen molar-refractivity contribution in [3.8, 4) is 11.5 Å². The van der Waals surface area contributed by atoms with E-state index in [2.05, 4.69) is 100 Å². The molecule has 0 bridgehead atoms. The van der Waals surface area contributed by atoms with E-state index in [1.807, 2.05) is 12.1 Å². The Bertz CT molecular complexity index is 2030. The minimum atomic E-state index is -0.550. The van der Waals surface area contributed by atoms with E-state index >= 15 is 8.78 Å². The van der Waals surface area contributed by atoms with Gasteiger partial charge in [-0.3, -0.25) is 0 Å². The predicted octanol–water partition coefficient (Wildman–Crippen LogP) is 18.9. The number of benzene rings is 4. The third kappa shape index (κ3) is 17.2. The topological polar surface area (TPSA) is 27.7 Å². The molecule has 5 heteroatoms. The molecule has 4 aliphatic rings. The number of rotatable bonds is 22. The van der Waals surface area contributed by atoms with E-state index in [1.165, 1.54) is 112 Å². The molecular formula is C65H92F2O3. The monoisotopic (exact) mass is 959 g/mol. The second kappa shape index (κ2) is 29.1. The summed E-state index contributed by atoms with van der Waals surface area (Å²) >= 11 is 0. The van der Waals surface area contributed by atoms with Crippen molar-refractivity contribution in [2.45, 2.75) is 218 Å². The summed E-state index contributed by atoms with van der Waals surface area (Å²) in [5.74, 6) is 5.15. The smallest absolute Gasteiger partial charge is 0.162 e. The fourth-order valence-corrected chi connectivity index (χ4v) is 12.5. The molecule has 0 N–H and O–H groups in total. The Balaban J connectivity index is 0.000000208. The van der Waals surface area contributed by atoms with Crippen LogP contribution in [0.4, 0.5) is 8.78 Å². The lowest BCUT2D eigenvalue weighted by atomic mass is 9.75. The van der Waals surface area contributed by atoms with Crippen LogP contribution in [0, 0.1) is 49.2 Å². The van der Waals surface area contributed by atoms with Gasteiger partial charge in [0.1, 0.15) is 11.5 Å². The average molecular weight is 959 g/mol. The van der Waals surface area contributed by atoms with E-state index in [-0.39, 0.29) is 11.8 Å². The van der Waals surface area contributed by atoms with Crippen molar-refractivity contribution in [2.24, 2.45) is 23.7 Å². The lowest BCUT2D eigenvalue weighted by Crippen LogP contribution is -2.25. The maximum absolute atomic E-state index is 15.1. The minimum absolute atomic E-state index is 0.188. The highest BCUT2D eigenvalue weighted by atomic mass is 19.2. The Morgan fingerprint density at radius 2 is 0.929 bits per heavy atom. The van der Waals surface area contributed by atoms with Crippen LogP contribution < -0.4 is 9.47 Å². The largest absolute Gasteiger partial charge is 0.494 e. The zero-order valence-corrected chi connectivity index (χ0v) is 44.2. The molecule has 0 spiro atoms. The highest BCUT2D eigenvalue weighted by molar-refractivity contribution is 5.32. The van der Waals surface area contributed by atoms with Crippen molar-refractivity contribution in [2.75, 3.05) is 19.8 Å². The van der Waals surface area contributed by atoms with E-state index in [4.69, 9.17) is 14.2 Å². The second-order valence-corrected chi connectivity index (χ2v) is 22.6. The lowest BCUT2D eigenvalue weighted by molar-refractivity contribution is 0.00817. The molecule has 4 fully saturated rings. The summed E-state index contributed by atoms with van der Waals surface area (Å²) in [5, 5.41) is 0. The Labute approximate surface area is 424 Å². The zero-order valence-electron chi connectivity index (χ0n) is 44.2. The minimum Gasteiger partial charge on any atom is -0.494 e. The van der Waals surface area contributed by atoms with E-state index in [1.54, 1.807) is 0 Å². The molecule has 0 aromatic heterocycles. The fraction of sp³-hybridized carbons (Fsp3) is 0.631. The molecule has 0 saturated heterocycles.